The number of ether oxygens (including phenoxy) is 1. The number of hydrogen-bond acceptors (Lipinski definition) is 4. The molecular formula is C14H17N3O2. The van der Waals surface area contributed by atoms with E-state index in [1.54, 1.807) is 17.2 Å². The van der Waals surface area contributed by atoms with Crippen LogP contribution in [0, 0.1) is 24.2 Å². The number of hydrogen-bond donors (Lipinski definition) is 0. The van der Waals surface area contributed by atoms with Crippen molar-refractivity contribution < 1.29 is 9.53 Å². The largest absolute Gasteiger partial charge is 0.494 e. The fraction of sp³-hybridized carbons (Fsp3) is 0.500. The molecule has 0 radical (unpaired) electrons. The van der Waals surface area contributed by atoms with Crippen LogP contribution < -0.4 is 4.74 Å². The van der Waals surface area contributed by atoms with Crippen LogP contribution in [-0.2, 0) is 0 Å². The van der Waals surface area contributed by atoms with Gasteiger partial charge in [0.1, 0.15) is 5.75 Å². The average molecular weight is 259 g/mol. The summed E-state index contributed by atoms with van der Waals surface area (Å²) in [6.45, 7) is 3.03. The third-order valence-electron chi connectivity index (χ3n) is 3.35. The first kappa shape index (κ1) is 13.3. The number of carbonyl (C=O) groups excluding carboxylic acids is 1. The Morgan fingerprint density at radius 3 is 3.11 bits per heavy atom. The second kappa shape index (κ2) is 5.70. The Labute approximate surface area is 112 Å². The number of nitrogens with zero attached hydrogens (tertiary/aromatic N) is 3. The Hall–Kier alpha value is -2.09. The van der Waals surface area contributed by atoms with Crippen molar-refractivity contribution in [2.45, 2.75) is 19.8 Å². The molecular weight excluding hydrogens is 242 g/mol. The Kier molecular flexibility index (Phi) is 4.00. The van der Waals surface area contributed by atoms with Crippen molar-refractivity contribution in [3.63, 3.8) is 0 Å². The van der Waals surface area contributed by atoms with Gasteiger partial charge in [-0.15, -0.1) is 0 Å². The fourth-order valence-electron chi connectivity index (χ4n) is 2.31. The van der Waals surface area contributed by atoms with Gasteiger partial charge < -0.3 is 9.64 Å². The minimum atomic E-state index is -0.0812. The van der Waals surface area contributed by atoms with Gasteiger partial charge >= 0.3 is 0 Å². The number of amides is 1. The zero-order valence-electron chi connectivity index (χ0n) is 11.2. The molecule has 5 heteroatoms. The van der Waals surface area contributed by atoms with Crippen molar-refractivity contribution in [2.75, 3.05) is 20.2 Å². The van der Waals surface area contributed by atoms with Crippen LogP contribution in [0.15, 0.2) is 12.3 Å². The van der Waals surface area contributed by atoms with E-state index in [4.69, 9.17) is 10.00 Å². The molecule has 0 aliphatic carbocycles. The summed E-state index contributed by atoms with van der Waals surface area (Å²) in [6.07, 6.45) is 3.30. The minimum absolute atomic E-state index is 0.0633. The molecule has 5 nitrogen and oxygen atoms in total. The first-order valence-corrected chi connectivity index (χ1v) is 6.35. The molecule has 0 saturated carbocycles. The summed E-state index contributed by atoms with van der Waals surface area (Å²) in [6, 6.07) is 3.98. The molecule has 2 heterocycles. The van der Waals surface area contributed by atoms with Gasteiger partial charge in [-0.25, -0.2) is 0 Å². The van der Waals surface area contributed by atoms with E-state index in [-0.39, 0.29) is 11.8 Å². The van der Waals surface area contributed by atoms with Crippen molar-refractivity contribution in [3.05, 3.63) is 23.5 Å². The number of rotatable bonds is 2. The fourth-order valence-corrected chi connectivity index (χ4v) is 2.31. The predicted octanol–water partition coefficient (Wildman–Crippen LogP) is 1.77. The zero-order valence-corrected chi connectivity index (χ0v) is 11.2. The number of aromatic nitrogens is 1. The van der Waals surface area contributed by atoms with Gasteiger partial charge in [-0.1, -0.05) is 0 Å². The van der Waals surface area contributed by atoms with Crippen molar-refractivity contribution in [1.82, 2.24) is 9.88 Å². The molecule has 1 aliphatic rings. The van der Waals surface area contributed by atoms with Crippen molar-refractivity contribution in [2.24, 2.45) is 5.92 Å². The van der Waals surface area contributed by atoms with Crippen LogP contribution in [0.3, 0.4) is 0 Å². The molecule has 1 atom stereocenters. The number of carbonyl (C=O) groups is 1. The summed E-state index contributed by atoms with van der Waals surface area (Å²) >= 11 is 0. The molecule has 1 aliphatic heterocycles. The van der Waals surface area contributed by atoms with E-state index in [2.05, 4.69) is 11.1 Å². The van der Waals surface area contributed by atoms with Crippen LogP contribution in [0.1, 0.15) is 28.9 Å². The molecule has 1 aromatic rings. The van der Waals surface area contributed by atoms with Crippen molar-refractivity contribution in [1.29, 1.82) is 5.26 Å². The molecule has 100 valence electrons. The van der Waals surface area contributed by atoms with Gasteiger partial charge in [0.15, 0.2) is 0 Å². The molecule has 0 aromatic carbocycles. The maximum absolute atomic E-state index is 12.5. The molecule has 0 spiro atoms. The molecule has 1 saturated heterocycles. The summed E-state index contributed by atoms with van der Waals surface area (Å²) < 4.78 is 5.19. The summed E-state index contributed by atoms with van der Waals surface area (Å²) in [7, 11) is 1.53. The van der Waals surface area contributed by atoms with Crippen LogP contribution >= 0.6 is 0 Å². The van der Waals surface area contributed by atoms with Gasteiger partial charge in [0.2, 0.25) is 0 Å². The molecule has 2 rings (SSSR count). The van der Waals surface area contributed by atoms with Crippen LogP contribution in [0.5, 0.6) is 5.75 Å². The normalized spacial score (nSPS) is 18.8. The van der Waals surface area contributed by atoms with Gasteiger partial charge in [0.25, 0.3) is 5.91 Å². The Balaban J connectivity index is 2.24. The van der Waals surface area contributed by atoms with Gasteiger partial charge in [-0.05, 0) is 25.8 Å². The van der Waals surface area contributed by atoms with Crippen LogP contribution in [-0.4, -0.2) is 36.0 Å². The standard InChI is InChI=1S/C14H17N3O2/c1-10-6-12(13(19-2)8-16-10)14(18)17-5-3-4-11(7-15)9-17/h6,8,11H,3-5,9H2,1-2H3. The third-order valence-corrected chi connectivity index (χ3v) is 3.35. The zero-order chi connectivity index (χ0) is 13.8. The van der Waals surface area contributed by atoms with Gasteiger partial charge in [-0.3, -0.25) is 9.78 Å². The molecule has 0 bridgehead atoms. The smallest absolute Gasteiger partial charge is 0.257 e. The Morgan fingerprint density at radius 2 is 2.42 bits per heavy atom. The van der Waals surface area contributed by atoms with E-state index in [1.165, 1.54) is 7.11 Å². The lowest BCUT2D eigenvalue weighted by Gasteiger charge is -2.30. The third kappa shape index (κ3) is 2.84. The lowest BCUT2D eigenvalue weighted by molar-refractivity contribution is 0.0695. The van der Waals surface area contributed by atoms with Gasteiger partial charge in [-0.2, -0.15) is 5.26 Å². The van der Waals surface area contributed by atoms with E-state index in [0.717, 1.165) is 18.5 Å². The number of pyridine rings is 1. The molecule has 1 fully saturated rings. The minimum Gasteiger partial charge on any atom is -0.494 e. The summed E-state index contributed by atoms with van der Waals surface area (Å²) in [5.41, 5.74) is 1.30. The molecule has 1 amide bonds. The van der Waals surface area contributed by atoms with E-state index in [0.29, 0.717) is 24.4 Å². The molecule has 19 heavy (non-hydrogen) atoms. The SMILES string of the molecule is COc1cnc(C)cc1C(=O)N1CCCC(C#N)C1. The maximum Gasteiger partial charge on any atom is 0.257 e. The van der Waals surface area contributed by atoms with Crippen LogP contribution in [0.25, 0.3) is 0 Å². The topological polar surface area (TPSA) is 66.2 Å². The summed E-state index contributed by atoms with van der Waals surface area (Å²) in [5.74, 6) is 0.337. The number of likely N-dealkylation sites (tertiary alicyclic amines) is 1. The lowest BCUT2D eigenvalue weighted by Crippen LogP contribution is -2.39. The summed E-state index contributed by atoms with van der Waals surface area (Å²) in [4.78, 5) is 18.4. The second-order valence-corrected chi connectivity index (χ2v) is 4.75. The van der Waals surface area contributed by atoms with Gasteiger partial charge in [0, 0.05) is 18.8 Å². The number of nitriles is 1. The summed E-state index contributed by atoms with van der Waals surface area (Å²) in [5, 5.41) is 8.98. The first-order chi connectivity index (χ1) is 9.15. The van der Waals surface area contributed by atoms with Crippen molar-refractivity contribution in [3.8, 4) is 11.8 Å². The number of methoxy groups -OCH3 is 1. The molecule has 1 aromatic heterocycles. The molecule has 0 N–H and O–H groups in total. The van der Waals surface area contributed by atoms with Crippen LogP contribution in [0.2, 0.25) is 0 Å². The molecule has 1 unspecified atom stereocenters. The van der Waals surface area contributed by atoms with Crippen LogP contribution in [0.4, 0.5) is 0 Å². The first-order valence-electron chi connectivity index (χ1n) is 6.35. The highest BCUT2D eigenvalue weighted by Crippen LogP contribution is 2.23. The van der Waals surface area contributed by atoms with E-state index < -0.39 is 0 Å². The van der Waals surface area contributed by atoms with E-state index in [9.17, 15) is 4.79 Å². The highest BCUT2D eigenvalue weighted by Gasteiger charge is 2.26. The number of aryl methyl sites for hydroxylation is 1. The predicted molar refractivity (Wildman–Crippen MR) is 69.8 cm³/mol. The highest BCUT2D eigenvalue weighted by atomic mass is 16.5. The maximum atomic E-state index is 12.5. The van der Waals surface area contributed by atoms with E-state index >= 15 is 0 Å². The second-order valence-electron chi connectivity index (χ2n) is 4.75. The van der Waals surface area contributed by atoms with E-state index in [1.807, 2.05) is 6.92 Å². The average Bonchev–Trinajstić information content (AvgIpc) is 2.46. The van der Waals surface area contributed by atoms with Crippen molar-refractivity contribution >= 4 is 5.91 Å². The Morgan fingerprint density at radius 1 is 1.63 bits per heavy atom. The monoisotopic (exact) mass is 259 g/mol. The quantitative estimate of drug-likeness (QED) is 0.812. The number of piperidine rings is 1. The lowest BCUT2D eigenvalue weighted by atomic mass is 9.99. The van der Waals surface area contributed by atoms with Gasteiger partial charge in [0.05, 0.1) is 30.9 Å². The Bertz CT molecular complexity index is 522. The highest BCUT2D eigenvalue weighted by molar-refractivity contribution is 5.97.